The quantitative estimate of drug-likeness (QED) is 0.638. The molecule has 1 fully saturated rings. The number of aliphatic hydroxyl groups excluding tert-OH is 1. The number of aliphatic hydroxyl groups is 1. The van der Waals surface area contributed by atoms with Crippen molar-refractivity contribution < 1.29 is 5.11 Å². The maximum absolute atomic E-state index is 9.39. The van der Waals surface area contributed by atoms with Gasteiger partial charge in [0.05, 0.1) is 6.10 Å². The van der Waals surface area contributed by atoms with Crippen LogP contribution in [0.15, 0.2) is 0 Å². The molecule has 0 radical (unpaired) electrons. The smallest absolute Gasteiger partial charge is 0.0789 e. The van der Waals surface area contributed by atoms with Crippen molar-refractivity contribution in [3.63, 3.8) is 0 Å². The fraction of sp³-hybridized carbons (Fsp3) is 1.00. The van der Waals surface area contributed by atoms with Crippen molar-refractivity contribution in [2.75, 3.05) is 13.1 Å². The van der Waals surface area contributed by atoms with Gasteiger partial charge < -0.3 is 10.8 Å². The van der Waals surface area contributed by atoms with Crippen LogP contribution in [-0.2, 0) is 0 Å². The number of likely N-dealkylation sites (tertiary alicyclic amines) is 1. The lowest BCUT2D eigenvalue weighted by Crippen LogP contribution is -2.41. The van der Waals surface area contributed by atoms with Crippen molar-refractivity contribution >= 4 is 0 Å². The summed E-state index contributed by atoms with van der Waals surface area (Å²) in [5, 5.41) is 9.39. The van der Waals surface area contributed by atoms with Crippen LogP contribution in [0.25, 0.3) is 0 Å². The fourth-order valence-electron chi connectivity index (χ4n) is 1.93. The van der Waals surface area contributed by atoms with Gasteiger partial charge in [-0.1, -0.05) is 0 Å². The molecule has 1 saturated heterocycles. The molecule has 0 spiro atoms. The van der Waals surface area contributed by atoms with Crippen LogP contribution in [-0.4, -0.2) is 41.3 Å². The van der Waals surface area contributed by atoms with Crippen LogP contribution >= 0.6 is 0 Å². The van der Waals surface area contributed by atoms with Gasteiger partial charge in [0.1, 0.15) is 0 Å². The Hall–Kier alpha value is -0.120. The molecule has 3 N–H and O–H groups in total. The molecule has 3 nitrogen and oxygen atoms in total. The lowest BCUT2D eigenvalue weighted by molar-refractivity contribution is 0.0965. The molecule has 0 aromatic rings. The Morgan fingerprint density at radius 3 is 2.33 bits per heavy atom. The third-order valence-corrected chi connectivity index (χ3v) is 2.83. The van der Waals surface area contributed by atoms with Crippen LogP contribution in [0.3, 0.4) is 0 Å². The van der Waals surface area contributed by atoms with Crippen molar-refractivity contribution in [2.24, 2.45) is 5.73 Å². The molecule has 1 aliphatic rings. The van der Waals surface area contributed by atoms with Gasteiger partial charge in [-0.25, -0.2) is 0 Å². The average Bonchev–Trinajstić information content (AvgIpc) is 2.35. The zero-order valence-electron chi connectivity index (χ0n) is 8.03. The monoisotopic (exact) mass is 172 g/mol. The molecule has 0 aromatic heterocycles. The van der Waals surface area contributed by atoms with E-state index in [1.54, 1.807) is 0 Å². The summed E-state index contributed by atoms with van der Waals surface area (Å²) in [6.45, 7) is 5.54. The molecule has 3 heteroatoms. The van der Waals surface area contributed by atoms with Crippen molar-refractivity contribution in [2.45, 2.75) is 44.9 Å². The Balaban J connectivity index is 2.38. The fourth-order valence-corrected chi connectivity index (χ4v) is 1.93. The highest BCUT2D eigenvalue weighted by Gasteiger charge is 2.28. The molecular weight excluding hydrogens is 152 g/mol. The van der Waals surface area contributed by atoms with Crippen LogP contribution < -0.4 is 5.73 Å². The van der Waals surface area contributed by atoms with Gasteiger partial charge in [-0.3, -0.25) is 4.90 Å². The Morgan fingerprint density at radius 2 is 1.92 bits per heavy atom. The Kier molecular flexibility index (Phi) is 3.50. The minimum atomic E-state index is -0.354. The highest BCUT2D eigenvalue weighted by molar-refractivity contribution is 4.83. The number of nitrogens with two attached hydrogens (primary N) is 1. The first-order chi connectivity index (χ1) is 5.65. The number of hydrogen-bond donors (Lipinski definition) is 2. The molecule has 0 aromatic carbocycles. The topological polar surface area (TPSA) is 49.5 Å². The number of nitrogens with zero attached hydrogens (tertiary/aromatic N) is 1. The van der Waals surface area contributed by atoms with E-state index < -0.39 is 0 Å². The normalized spacial score (nSPS) is 34.0. The number of rotatable bonds is 3. The minimum absolute atomic E-state index is 0.354. The van der Waals surface area contributed by atoms with Crippen molar-refractivity contribution in [3.05, 3.63) is 0 Å². The van der Waals surface area contributed by atoms with Gasteiger partial charge in [0.25, 0.3) is 0 Å². The Morgan fingerprint density at radius 1 is 1.42 bits per heavy atom. The van der Waals surface area contributed by atoms with Gasteiger partial charge in [-0.05, 0) is 26.7 Å². The van der Waals surface area contributed by atoms with Gasteiger partial charge in [0.15, 0.2) is 0 Å². The van der Waals surface area contributed by atoms with E-state index in [4.69, 9.17) is 5.73 Å². The summed E-state index contributed by atoms with van der Waals surface area (Å²) in [7, 11) is 0. The van der Waals surface area contributed by atoms with E-state index in [1.807, 2.05) is 0 Å². The maximum Gasteiger partial charge on any atom is 0.0789 e. The molecule has 1 heterocycles. The number of β-amino-alcohol motifs (C(OH)–C–C–N with tert-alkyl or cyclic N) is 1. The summed E-state index contributed by atoms with van der Waals surface area (Å²) >= 11 is 0. The van der Waals surface area contributed by atoms with E-state index in [2.05, 4.69) is 18.7 Å². The molecule has 0 aliphatic carbocycles. The van der Waals surface area contributed by atoms with Gasteiger partial charge in [0, 0.05) is 25.2 Å². The molecule has 0 bridgehead atoms. The highest BCUT2D eigenvalue weighted by atomic mass is 16.3. The van der Waals surface area contributed by atoms with Crippen molar-refractivity contribution in [1.29, 1.82) is 0 Å². The van der Waals surface area contributed by atoms with Crippen LogP contribution in [0, 0.1) is 0 Å². The first-order valence-electron chi connectivity index (χ1n) is 4.79. The second-order valence-corrected chi connectivity index (χ2v) is 3.86. The van der Waals surface area contributed by atoms with Crippen LogP contribution in [0.2, 0.25) is 0 Å². The molecule has 0 amide bonds. The minimum Gasteiger partial charge on any atom is -0.390 e. The zero-order valence-corrected chi connectivity index (χ0v) is 8.03. The molecule has 12 heavy (non-hydrogen) atoms. The van der Waals surface area contributed by atoms with Gasteiger partial charge in [-0.2, -0.15) is 0 Å². The maximum atomic E-state index is 9.39. The third-order valence-electron chi connectivity index (χ3n) is 2.83. The summed E-state index contributed by atoms with van der Waals surface area (Å²) in [4.78, 5) is 2.34. The standard InChI is InChI=1S/C9H20N2O/c1-7-3-4-8(2)11(7)6-9(12)5-10/h7-9,12H,3-6,10H2,1-2H3/t7-,8-,9-/m1/s1. The molecule has 1 rings (SSSR count). The molecule has 1 aliphatic heterocycles. The van der Waals surface area contributed by atoms with E-state index in [0.29, 0.717) is 18.6 Å². The highest BCUT2D eigenvalue weighted by Crippen LogP contribution is 2.22. The summed E-state index contributed by atoms with van der Waals surface area (Å²) in [6, 6.07) is 1.22. The molecule has 72 valence electrons. The lowest BCUT2D eigenvalue weighted by Gasteiger charge is -2.27. The first kappa shape index (κ1) is 9.96. The molecular formula is C9H20N2O. The molecule has 0 saturated carbocycles. The van der Waals surface area contributed by atoms with E-state index in [-0.39, 0.29) is 6.10 Å². The van der Waals surface area contributed by atoms with Crippen LogP contribution in [0.5, 0.6) is 0 Å². The van der Waals surface area contributed by atoms with Gasteiger partial charge in [-0.15, -0.1) is 0 Å². The Labute approximate surface area is 74.5 Å². The van der Waals surface area contributed by atoms with E-state index in [0.717, 1.165) is 6.54 Å². The Bertz CT molecular complexity index is 130. The second kappa shape index (κ2) is 4.21. The SMILES string of the molecule is C[C@@H]1CC[C@@H](C)N1C[C@H](O)CN. The lowest BCUT2D eigenvalue weighted by atomic mass is 10.2. The summed E-state index contributed by atoms with van der Waals surface area (Å²) < 4.78 is 0. The van der Waals surface area contributed by atoms with E-state index >= 15 is 0 Å². The molecule has 0 unspecified atom stereocenters. The van der Waals surface area contributed by atoms with Crippen LogP contribution in [0.4, 0.5) is 0 Å². The van der Waals surface area contributed by atoms with Crippen molar-refractivity contribution in [3.8, 4) is 0 Å². The summed E-state index contributed by atoms with van der Waals surface area (Å²) in [5.74, 6) is 0. The third kappa shape index (κ3) is 2.19. The predicted octanol–water partition coefficient (Wildman–Crippen LogP) is 0.179. The van der Waals surface area contributed by atoms with Crippen LogP contribution in [0.1, 0.15) is 26.7 Å². The van der Waals surface area contributed by atoms with Crippen molar-refractivity contribution in [1.82, 2.24) is 4.90 Å². The van der Waals surface area contributed by atoms with Gasteiger partial charge >= 0.3 is 0 Å². The van der Waals surface area contributed by atoms with E-state index in [9.17, 15) is 5.11 Å². The predicted molar refractivity (Wildman–Crippen MR) is 49.9 cm³/mol. The first-order valence-corrected chi connectivity index (χ1v) is 4.79. The van der Waals surface area contributed by atoms with E-state index in [1.165, 1.54) is 12.8 Å². The largest absolute Gasteiger partial charge is 0.390 e. The molecule has 3 atom stereocenters. The second-order valence-electron chi connectivity index (χ2n) is 3.86. The number of hydrogen-bond acceptors (Lipinski definition) is 3. The zero-order chi connectivity index (χ0) is 9.14. The average molecular weight is 172 g/mol. The van der Waals surface area contributed by atoms with Gasteiger partial charge in [0.2, 0.25) is 0 Å². The summed E-state index contributed by atoms with van der Waals surface area (Å²) in [6.07, 6.45) is 2.14. The summed E-state index contributed by atoms with van der Waals surface area (Å²) in [5.41, 5.74) is 5.36.